The molecule has 0 aromatic heterocycles. The molecule has 3 atom stereocenters. The second kappa shape index (κ2) is 2.98. The lowest BCUT2D eigenvalue weighted by atomic mass is 9.92. The molecule has 3 unspecified atom stereocenters. The molecule has 0 aliphatic carbocycles. The van der Waals surface area contributed by atoms with Crippen molar-refractivity contribution in [2.45, 2.75) is 19.4 Å². The Morgan fingerprint density at radius 2 is 2.08 bits per heavy atom. The fourth-order valence-corrected chi connectivity index (χ4v) is 2.97. The van der Waals surface area contributed by atoms with Crippen LogP contribution in [0.25, 0.3) is 0 Å². The summed E-state index contributed by atoms with van der Waals surface area (Å²) in [6.07, 6.45) is 1.09. The lowest BCUT2D eigenvalue weighted by Crippen LogP contribution is -2.35. The highest BCUT2D eigenvalue weighted by Gasteiger charge is 2.49. The van der Waals surface area contributed by atoms with Crippen LogP contribution in [-0.2, 0) is 4.79 Å². The minimum absolute atomic E-state index is 0.292. The maximum absolute atomic E-state index is 11.8. The first-order chi connectivity index (χ1) is 6.15. The van der Waals surface area contributed by atoms with E-state index in [0.717, 1.165) is 19.5 Å². The molecular formula is C10H18N2O. The van der Waals surface area contributed by atoms with Gasteiger partial charge in [0.15, 0.2) is 0 Å². The Kier molecular flexibility index (Phi) is 2.06. The molecule has 2 aliphatic heterocycles. The molecule has 13 heavy (non-hydrogen) atoms. The Labute approximate surface area is 79.7 Å². The van der Waals surface area contributed by atoms with Gasteiger partial charge in [0.05, 0.1) is 5.92 Å². The van der Waals surface area contributed by atoms with Crippen LogP contribution < -0.4 is 0 Å². The standard InChI is InChI=1S/C10H18N2O/c1-4-9-7-5-11(2)6-8(7)10(13)12(9)3/h7-9H,4-6H2,1-3H3. The molecule has 0 aromatic rings. The lowest BCUT2D eigenvalue weighted by Gasteiger charge is -2.23. The molecule has 2 rings (SSSR count). The van der Waals surface area contributed by atoms with E-state index in [0.29, 0.717) is 23.8 Å². The Hall–Kier alpha value is -0.570. The summed E-state index contributed by atoms with van der Waals surface area (Å²) >= 11 is 0. The first-order valence-electron chi connectivity index (χ1n) is 5.10. The number of carbonyl (C=O) groups excluding carboxylic acids is 1. The van der Waals surface area contributed by atoms with E-state index in [-0.39, 0.29) is 0 Å². The smallest absolute Gasteiger partial charge is 0.227 e. The minimum Gasteiger partial charge on any atom is -0.342 e. The quantitative estimate of drug-likeness (QED) is 0.586. The zero-order valence-corrected chi connectivity index (χ0v) is 8.66. The number of hydrogen-bond acceptors (Lipinski definition) is 2. The summed E-state index contributed by atoms with van der Waals surface area (Å²) in [4.78, 5) is 16.0. The summed E-state index contributed by atoms with van der Waals surface area (Å²) in [5.74, 6) is 1.24. The molecule has 74 valence electrons. The van der Waals surface area contributed by atoms with Gasteiger partial charge in [0.25, 0.3) is 0 Å². The van der Waals surface area contributed by atoms with E-state index in [2.05, 4.69) is 18.9 Å². The van der Waals surface area contributed by atoms with Crippen LogP contribution in [0.5, 0.6) is 0 Å². The molecular weight excluding hydrogens is 164 g/mol. The summed E-state index contributed by atoms with van der Waals surface area (Å²) in [6, 6.07) is 0.488. The van der Waals surface area contributed by atoms with Crippen LogP contribution in [0.4, 0.5) is 0 Å². The fraction of sp³-hybridized carbons (Fsp3) is 0.900. The second-order valence-electron chi connectivity index (χ2n) is 4.42. The zero-order valence-electron chi connectivity index (χ0n) is 8.66. The van der Waals surface area contributed by atoms with Crippen molar-refractivity contribution in [1.82, 2.24) is 9.80 Å². The molecule has 0 spiro atoms. The highest BCUT2D eigenvalue weighted by atomic mass is 16.2. The topological polar surface area (TPSA) is 23.6 Å². The highest BCUT2D eigenvalue weighted by Crippen LogP contribution is 2.36. The van der Waals surface area contributed by atoms with Crippen LogP contribution >= 0.6 is 0 Å². The van der Waals surface area contributed by atoms with Crippen molar-refractivity contribution in [3.8, 4) is 0 Å². The first-order valence-corrected chi connectivity index (χ1v) is 5.10. The van der Waals surface area contributed by atoms with Crippen molar-refractivity contribution in [2.24, 2.45) is 11.8 Å². The maximum atomic E-state index is 11.8. The van der Waals surface area contributed by atoms with E-state index in [1.165, 1.54) is 0 Å². The van der Waals surface area contributed by atoms with Crippen LogP contribution in [-0.4, -0.2) is 48.9 Å². The number of hydrogen-bond donors (Lipinski definition) is 0. The fourth-order valence-electron chi connectivity index (χ4n) is 2.97. The zero-order chi connectivity index (χ0) is 9.59. The average Bonchev–Trinajstić information content (AvgIpc) is 2.54. The van der Waals surface area contributed by atoms with Gasteiger partial charge in [-0.25, -0.2) is 0 Å². The molecule has 1 amide bonds. The van der Waals surface area contributed by atoms with Gasteiger partial charge in [-0.05, 0) is 13.5 Å². The van der Waals surface area contributed by atoms with Gasteiger partial charge in [0.1, 0.15) is 0 Å². The monoisotopic (exact) mass is 182 g/mol. The van der Waals surface area contributed by atoms with Crippen LogP contribution in [0, 0.1) is 11.8 Å². The Morgan fingerprint density at radius 1 is 1.38 bits per heavy atom. The van der Waals surface area contributed by atoms with Gasteiger partial charge >= 0.3 is 0 Å². The van der Waals surface area contributed by atoms with Gasteiger partial charge in [-0.3, -0.25) is 4.79 Å². The van der Waals surface area contributed by atoms with E-state index >= 15 is 0 Å². The maximum Gasteiger partial charge on any atom is 0.227 e. The predicted octanol–water partition coefficient (Wildman–Crippen LogP) is 0.415. The van der Waals surface area contributed by atoms with Gasteiger partial charge in [0, 0.05) is 32.1 Å². The number of nitrogens with zero attached hydrogens (tertiary/aromatic N) is 2. The van der Waals surface area contributed by atoms with Crippen molar-refractivity contribution in [3.05, 3.63) is 0 Å². The summed E-state index contributed by atoms with van der Waals surface area (Å²) in [7, 11) is 4.06. The lowest BCUT2D eigenvalue weighted by molar-refractivity contribution is -0.130. The largest absolute Gasteiger partial charge is 0.342 e. The summed E-state index contributed by atoms with van der Waals surface area (Å²) in [5.41, 5.74) is 0. The summed E-state index contributed by atoms with van der Waals surface area (Å²) < 4.78 is 0. The normalized spacial score (nSPS) is 40.1. The van der Waals surface area contributed by atoms with E-state index in [9.17, 15) is 4.79 Å². The van der Waals surface area contributed by atoms with Crippen LogP contribution in [0.15, 0.2) is 0 Å². The number of rotatable bonds is 1. The number of fused-ring (bicyclic) bond motifs is 1. The SMILES string of the molecule is CCC1C2CN(C)CC2C(=O)N1C. The van der Waals surface area contributed by atoms with Gasteiger partial charge in [-0.2, -0.15) is 0 Å². The van der Waals surface area contributed by atoms with Crippen LogP contribution in [0.1, 0.15) is 13.3 Å². The number of likely N-dealkylation sites (tertiary alicyclic amines) is 2. The van der Waals surface area contributed by atoms with E-state index in [4.69, 9.17) is 0 Å². The molecule has 2 heterocycles. The van der Waals surface area contributed by atoms with Gasteiger partial charge in [-0.1, -0.05) is 6.92 Å². The molecule has 0 saturated carbocycles. The highest BCUT2D eigenvalue weighted by molar-refractivity contribution is 5.82. The number of carbonyl (C=O) groups is 1. The number of amides is 1. The van der Waals surface area contributed by atoms with Crippen LogP contribution in [0.3, 0.4) is 0 Å². The Balaban J connectivity index is 2.20. The molecule has 3 nitrogen and oxygen atoms in total. The molecule has 0 radical (unpaired) electrons. The van der Waals surface area contributed by atoms with E-state index < -0.39 is 0 Å². The first kappa shape index (κ1) is 9.00. The van der Waals surface area contributed by atoms with Gasteiger partial charge in [0.2, 0.25) is 5.91 Å². The molecule has 3 heteroatoms. The summed E-state index contributed by atoms with van der Waals surface area (Å²) in [5, 5.41) is 0. The van der Waals surface area contributed by atoms with Gasteiger partial charge < -0.3 is 9.80 Å². The summed E-state index contributed by atoms with van der Waals surface area (Å²) in [6.45, 7) is 4.23. The van der Waals surface area contributed by atoms with Crippen molar-refractivity contribution in [2.75, 3.05) is 27.2 Å². The second-order valence-corrected chi connectivity index (χ2v) is 4.42. The molecule has 0 N–H and O–H groups in total. The Bertz CT molecular complexity index is 229. The Morgan fingerprint density at radius 3 is 2.69 bits per heavy atom. The van der Waals surface area contributed by atoms with Gasteiger partial charge in [-0.15, -0.1) is 0 Å². The molecule has 2 fully saturated rings. The van der Waals surface area contributed by atoms with Crippen molar-refractivity contribution >= 4 is 5.91 Å². The molecule has 2 saturated heterocycles. The van der Waals surface area contributed by atoms with E-state index in [1.54, 1.807) is 0 Å². The predicted molar refractivity (Wildman–Crippen MR) is 51.3 cm³/mol. The molecule has 2 aliphatic rings. The third kappa shape index (κ3) is 1.17. The average molecular weight is 182 g/mol. The van der Waals surface area contributed by atoms with E-state index in [1.807, 2.05) is 11.9 Å². The van der Waals surface area contributed by atoms with Crippen molar-refractivity contribution < 1.29 is 4.79 Å². The third-order valence-electron chi connectivity index (χ3n) is 3.62. The van der Waals surface area contributed by atoms with Crippen LogP contribution in [0.2, 0.25) is 0 Å². The van der Waals surface area contributed by atoms with Crippen molar-refractivity contribution in [1.29, 1.82) is 0 Å². The molecule has 0 aromatic carbocycles. The molecule has 0 bridgehead atoms. The third-order valence-corrected chi connectivity index (χ3v) is 3.62. The minimum atomic E-state index is 0.292. The van der Waals surface area contributed by atoms with Crippen molar-refractivity contribution in [3.63, 3.8) is 0 Å².